The van der Waals surface area contributed by atoms with Gasteiger partial charge in [-0.1, -0.05) is 18.2 Å². The molecule has 0 bridgehead atoms. The van der Waals surface area contributed by atoms with Crippen LogP contribution in [0, 0.1) is 5.82 Å². The SMILES string of the molecule is CN(C)[C@@H](CNCc1ccc2c(c1)OCCO2)c1cccc(F)c1. The quantitative estimate of drug-likeness (QED) is 0.883. The van der Waals surface area contributed by atoms with Crippen molar-refractivity contribution in [1.29, 1.82) is 0 Å². The maximum atomic E-state index is 13.5. The first-order valence-corrected chi connectivity index (χ1v) is 8.14. The lowest BCUT2D eigenvalue weighted by Gasteiger charge is -2.25. The maximum Gasteiger partial charge on any atom is 0.161 e. The molecule has 2 aromatic rings. The predicted molar refractivity (Wildman–Crippen MR) is 92.0 cm³/mol. The van der Waals surface area contributed by atoms with Crippen molar-refractivity contribution in [2.45, 2.75) is 12.6 Å². The fraction of sp³-hybridized carbons (Fsp3) is 0.368. The Morgan fingerprint density at radius 3 is 2.62 bits per heavy atom. The minimum atomic E-state index is -0.203. The summed E-state index contributed by atoms with van der Waals surface area (Å²) in [7, 11) is 4.00. The van der Waals surface area contributed by atoms with E-state index in [9.17, 15) is 4.39 Å². The first-order chi connectivity index (χ1) is 11.6. The Morgan fingerprint density at radius 2 is 1.88 bits per heavy atom. The van der Waals surface area contributed by atoms with Crippen LogP contribution >= 0.6 is 0 Å². The van der Waals surface area contributed by atoms with Gasteiger partial charge in [0.1, 0.15) is 19.0 Å². The van der Waals surface area contributed by atoms with Gasteiger partial charge in [-0.2, -0.15) is 0 Å². The van der Waals surface area contributed by atoms with E-state index in [4.69, 9.17) is 9.47 Å². The number of hydrogen-bond donors (Lipinski definition) is 1. The van der Waals surface area contributed by atoms with Crippen LogP contribution < -0.4 is 14.8 Å². The normalized spacial score (nSPS) is 14.7. The minimum absolute atomic E-state index is 0.109. The van der Waals surface area contributed by atoms with Crippen molar-refractivity contribution < 1.29 is 13.9 Å². The Morgan fingerprint density at radius 1 is 1.08 bits per heavy atom. The van der Waals surface area contributed by atoms with Crippen LogP contribution in [-0.4, -0.2) is 38.8 Å². The van der Waals surface area contributed by atoms with Gasteiger partial charge in [-0.05, 0) is 49.5 Å². The van der Waals surface area contributed by atoms with E-state index in [1.807, 2.05) is 38.4 Å². The highest BCUT2D eigenvalue weighted by atomic mass is 19.1. The molecule has 0 spiro atoms. The summed E-state index contributed by atoms with van der Waals surface area (Å²) in [5, 5.41) is 3.45. The third-order valence-electron chi connectivity index (χ3n) is 4.13. The van der Waals surface area contributed by atoms with Gasteiger partial charge in [0.25, 0.3) is 0 Å². The summed E-state index contributed by atoms with van der Waals surface area (Å²) in [6.07, 6.45) is 0. The molecule has 3 rings (SSSR count). The molecular formula is C19H23FN2O2. The molecule has 0 fully saturated rings. The monoisotopic (exact) mass is 330 g/mol. The summed E-state index contributed by atoms with van der Waals surface area (Å²) in [6, 6.07) is 12.9. The van der Waals surface area contributed by atoms with Gasteiger partial charge in [-0.15, -0.1) is 0 Å². The van der Waals surface area contributed by atoms with Gasteiger partial charge in [0.2, 0.25) is 0 Å². The number of nitrogens with one attached hydrogen (secondary N) is 1. The molecule has 1 aliphatic rings. The molecule has 0 saturated carbocycles. The number of halogens is 1. The average Bonchev–Trinajstić information content (AvgIpc) is 2.58. The summed E-state index contributed by atoms with van der Waals surface area (Å²) in [5.41, 5.74) is 2.10. The van der Waals surface area contributed by atoms with Crippen LogP contribution in [0.5, 0.6) is 11.5 Å². The predicted octanol–water partition coefficient (Wildman–Crippen LogP) is 2.99. The van der Waals surface area contributed by atoms with Crippen LogP contribution in [0.1, 0.15) is 17.2 Å². The van der Waals surface area contributed by atoms with Crippen LogP contribution in [-0.2, 0) is 6.54 Å². The lowest BCUT2D eigenvalue weighted by atomic mass is 10.1. The molecular weight excluding hydrogens is 307 g/mol. The van der Waals surface area contributed by atoms with Crippen LogP contribution in [0.2, 0.25) is 0 Å². The molecule has 1 N–H and O–H groups in total. The Bertz CT molecular complexity index is 691. The molecule has 0 aromatic heterocycles. The van der Waals surface area contributed by atoms with Gasteiger partial charge in [0.05, 0.1) is 0 Å². The second kappa shape index (κ2) is 7.64. The van der Waals surface area contributed by atoms with Crippen molar-refractivity contribution in [3.63, 3.8) is 0 Å². The second-order valence-corrected chi connectivity index (χ2v) is 6.14. The molecule has 24 heavy (non-hydrogen) atoms. The molecule has 1 atom stereocenters. The van der Waals surface area contributed by atoms with E-state index in [0.717, 1.165) is 35.7 Å². The zero-order chi connectivity index (χ0) is 16.9. The average molecular weight is 330 g/mol. The van der Waals surface area contributed by atoms with E-state index in [-0.39, 0.29) is 11.9 Å². The fourth-order valence-corrected chi connectivity index (χ4v) is 2.86. The largest absolute Gasteiger partial charge is 0.486 e. The van der Waals surface area contributed by atoms with E-state index < -0.39 is 0 Å². The lowest BCUT2D eigenvalue weighted by Crippen LogP contribution is -2.31. The van der Waals surface area contributed by atoms with E-state index in [1.165, 1.54) is 6.07 Å². The van der Waals surface area contributed by atoms with Gasteiger partial charge in [-0.25, -0.2) is 4.39 Å². The molecule has 0 radical (unpaired) electrons. The molecule has 128 valence electrons. The van der Waals surface area contributed by atoms with Gasteiger partial charge < -0.3 is 19.7 Å². The summed E-state index contributed by atoms with van der Waals surface area (Å²) in [4.78, 5) is 2.09. The number of likely N-dealkylation sites (N-methyl/N-ethyl adjacent to an activating group) is 1. The summed E-state index contributed by atoms with van der Waals surface area (Å²) >= 11 is 0. The molecule has 0 saturated heterocycles. The lowest BCUT2D eigenvalue weighted by molar-refractivity contribution is 0.171. The third-order valence-corrected chi connectivity index (χ3v) is 4.13. The van der Waals surface area contributed by atoms with Crippen LogP contribution in [0.25, 0.3) is 0 Å². The summed E-state index contributed by atoms with van der Waals surface area (Å²) in [5.74, 6) is 1.40. The Labute approximate surface area is 142 Å². The Hall–Kier alpha value is -2.11. The van der Waals surface area contributed by atoms with E-state index in [0.29, 0.717) is 13.2 Å². The Balaban J connectivity index is 1.61. The van der Waals surface area contributed by atoms with Crippen LogP contribution in [0.3, 0.4) is 0 Å². The second-order valence-electron chi connectivity index (χ2n) is 6.14. The molecule has 1 aliphatic heterocycles. The van der Waals surface area contributed by atoms with Crippen molar-refractivity contribution >= 4 is 0 Å². The number of nitrogens with zero attached hydrogens (tertiary/aromatic N) is 1. The molecule has 0 unspecified atom stereocenters. The van der Waals surface area contributed by atoms with Crippen molar-refractivity contribution in [3.05, 3.63) is 59.4 Å². The standard InChI is InChI=1S/C19H23FN2O2/c1-22(2)17(15-4-3-5-16(20)11-15)13-21-12-14-6-7-18-19(10-14)24-9-8-23-18/h3-7,10-11,17,21H,8-9,12-13H2,1-2H3/t17-/m0/s1. The van der Waals surface area contributed by atoms with Crippen molar-refractivity contribution in [2.24, 2.45) is 0 Å². The zero-order valence-corrected chi connectivity index (χ0v) is 14.1. The molecule has 0 aliphatic carbocycles. The summed E-state index contributed by atoms with van der Waals surface area (Å²) in [6.45, 7) is 2.64. The summed E-state index contributed by atoms with van der Waals surface area (Å²) < 4.78 is 24.6. The third kappa shape index (κ3) is 4.04. The fourth-order valence-electron chi connectivity index (χ4n) is 2.86. The maximum absolute atomic E-state index is 13.5. The van der Waals surface area contributed by atoms with Gasteiger partial charge >= 0.3 is 0 Å². The number of ether oxygens (including phenoxy) is 2. The van der Waals surface area contributed by atoms with Gasteiger partial charge in [-0.3, -0.25) is 0 Å². The van der Waals surface area contributed by atoms with Crippen molar-refractivity contribution in [1.82, 2.24) is 10.2 Å². The molecule has 0 amide bonds. The highest BCUT2D eigenvalue weighted by Gasteiger charge is 2.15. The van der Waals surface area contributed by atoms with Crippen LogP contribution in [0.15, 0.2) is 42.5 Å². The highest BCUT2D eigenvalue weighted by Crippen LogP contribution is 2.30. The zero-order valence-electron chi connectivity index (χ0n) is 14.1. The van der Waals surface area contributed by atoms with E-state index in [2.05, 4.69) is 10.2 Å². The number of benzene rings is 2. The van der Waals surface area contributed by atoms with Gasteiger partial charge in [0, 0.05) is 19.1 Å². The number of rotatable bonds is 6. The Kier molecular flexibility index (Phi) is 5.33. The van der Waals surface area contributed by atoms with Gasteiger partial charge in [0.15, 0.2) is 11.5 Å². The van der Waals surface area contributed by atoms with Crippen molar-refractivity contribution in [2.75, 3.05) is 33.9 Å². The number of fused-ring (bicyclic) bond motifs is 1. The molecule has 1 heterocycles. The van der Waals surface area contributed by atoms with Crippen LogP contribution in [0.4, 0.5) is 4.39 Å². The smallest absolute Gasteiger partial charge is 0.161 e. The first-order valence-electron chi connectivity index (χ1n) is 8.14. The highest BCUT2D eigenvalue weighted by molar-refractivity contribution is 5.43. The van der Waals surface area contributed by atoms with E-state index >= 15 is 0 Å². The molecule has 2 aromatic carbocycles. The molecule has 5 heteroatoms. The first kappa shape index (κ1) is 16.7. The van der Waals surface area contributed by atoms with Crippen molar-refractivity contribution in [3.8, 4) is 11.5 Å². The van der Waals surface area contributed by atoms with E-state index in [1.54, 1.807) is 12.1 Å². The topological polar surface area (TPSA) is 33.7 Å². The minimum Gasteiger partial charge on any atom is -0.486 e. The molecule has 4 nitrogen and oxygen atoms in total. The number of hydrogen-bond acceptors (Lipinski definition) is 4.